The summed E-state index contributed by atoms with van der Waals surface area (Å²) in [5, 5.41) is 0. The lowest BCUT2D eigenvalue weighted by Crippen LogP contribution is -2.53. The topological polar surface area (TPSA) is 57.7 Å². The number of piperidine rings is 1. The first-order valence-electron chi connectivity index (χ1n) is 7.91. The number of para-hydroxylation sites is 1. The number of hydrogen-bond acceptors (Lipinski definition) is 3. The second-order valence-electron chi connectivity index (χ2n) is 5.99. The minimum atomic E-state index is -3.21. The quantitative estimate of drug-likeness (QED) is 0.852. The molecule has 0 N–H and O–H groups in total. The van der Waals surface area contributed by atoms with E-state index in [9.17, 15) is 13.2 Å². The van der Waals surface area contributed by atoms with Crippen LogP contribution in [0.1, 0.15) is 32.6 Å². The Balaban J connectivity index is 1.89. The Kier molecular flexibility index (Phi) is 4.23. The van der Waals surface area contributed by atoms with Gasteiger partial charge in [-0.3, -0.25) is 4.79 Å². The van der Waals surface area contributed by atoms with Crippen LogP contribution in [-0.4, -0.2) is 43.0 Å². The van der Waals surface area contributed by atoms with Crippen LogP contribution in [0.25, 0.3) is 0 Å². The highest BCUT2D eigenvalue weighted by atomic mass is 32.2. The Morgan fingerprint density at radius 3 is 2.55 bits per heavy atom. The molecule has 2 aliphatic heterocycles. The fraction of sp³-hybridized carbons (Fsp3) is 0.562. The van der Waals surface area contributed by atoms with Crippen molar-refractivity contribution in [1.29, 1.82) is 0 Å². The van der Waals surface area contributed by atoms with Crippen LogP contribution in [0.3, 0.4) is 0 Å². The Hall–Kier alpha value is -1.40. The third kappa shape index (κ3) is 2.65. The van der Waals surface area contributed by atoms with Crippen LogP contribution in [0.5, 0.6) is 0 Å². The van der Waals surface area contributed by atoms with Crippen LogP contribution in [0.15, 0.2) is 30.3 Å². The van der Waals surface area contributed by atoms with Gasteiger partial charge in [0, 0.05) is 24.7 Å². The van der Waals surface area contributed by atoms with Crippen molar-refractivity contribution in [2.45, 2.75) is 44.7 Å². The van der Waals surface area contributed by atoms with Gasteiger partial charge in [0.05, 0.1) is 11.8 Å². The highest BCUT2D eigenvalue weighted by Crippen LogP contribution is 2.36. The number of amides is 1. The summed E-state index contributed by atoms with van der Waals surface area (Å²) in [7, 11) is -3.21. The molecule has 1 amide bonds. The molecule has 22 heavy (non-hydrogen) atoms. The van der Waals surface area contributed by atoms with Crippen LogP contribution in [-0.2, 0) is 14.8 Å². The van der Waals surface area contributed by atoms with E-state index >= 15 is 0 Å². The average molecular weight is 322 g/mol. The van der Waals surface area contributed by atoms with Crippen molar-refractivity contribution in [3.8, 4) is 0 Å². The molecule has 1 aromatic carbocycles. The molecule has 5 nitrogen and oxygen atoms in total. The fourth-order valence-electron chi connectivity index (χ4n) is 3.67. The Bertz CT molecular complexity index is 645. The summed E-state index contributed by atoms with van der Waals surface area (Å²) in [5.41, 5.74) is 0.872. The van der Waals surface area contributed by atoms with Gasteiger partial charge < -0.3 is 4.90 Å². The maximum absolute atomic E-state index is 12.4. The molecular weight excluding hydrogens is 300 g/mol. The van der Waals surface area contributed by atoms with Crippen molar-refractivity contribution >= 4 is 21.6 Å². The summed E-state index contributed by atoms with van der Waals surface area (Å²) in [5.74, 6) is 0.289. The van der Waals surface area contributed by atoms with Gasteiger partial charge in [0.2, 0.25) is 15.9 Å². The Morgan fingerprint density at radius 2 is 1.86 bits per heavy atom. The van der Waals surface area contributed by atoms with Gasteiger partial charge in [-0.1, -0.05) is 25.1 Å². The standard InChI is InChI=1S/C16H22N2O3S/c1-2-12-22(20,21)17-11-10-15-14(17)8-9-16(19)18(15)13-6-4-3-5-7-13/h3-7,14-15H,2,8-12H2,1H3/t14-,15-/m1/s1. The minimum absolute atomic E-state index is 0.0321. The molecule has 2 saturated heterocycles. The summed E-state index contributed by atoms with van der Waals surface area (Å²) in [4.78, 5) is 14.2. The third-order valence-electron chi connectivity index (χ3n) is 4.57. The van der Waals surface area contributed by atoms with Crippen LogP contribution < -0.4 is 4.90 Å². The molecule has 2 atom stereocenters. The smallest absolute Gasteiger partial charge is 0.227 e. The largest absolute Gasteiger partial charge is 0.308 e. The maximum atomic E-state index is 12.4. The van der Waals surface area contributed by atoms with E-state index in [1.807, 2.05) is 42.2 Å². The molecule has 1 aromatic rings. The van der Waals surface area contributed by atoms with Gasteiger partial charge in [-0.05, 0) is 31.4 Å². The first-order valence-corrected chi connectivity index (χ1v) is 9.52. The summed E-state index contributed by atoms with van der Waals surface area (Å²) in [6, 6.07) is 9.47. The minimum Gasteiger partial charge on any atom is -0.308 e. The Labute approximate surface area is 132 Å². The SMILES string of the molecule is CCCS(=O)(=O)N1CC[C@@H]2[C@H]1CCC(=O)N2c1ccccc1. The van der Waals surface area contributed by atoms with Crippen molar-refractivity contribution < 1.29 is 13.2 Å². The lowest BCUT2D eigenvalue weighted by molar-refractivity contribution is -0.120. The second-order valence-corrected chi connectivity index (χ2v) is 8.03. The summed E-state index contributed by atoms with van der Waals surface area (Å²) < 4.78 is 26.5. The summed E-state index contributed by atoms with van der Waals surface area (Å²) >= 11 is 0. The monoisotopic (exact) mass is 322 g/mol. The molecule has 0 saturated carbocycles. The molecule has 2 fully saturated rings. The zero-order valence-corrected chi connectivity index (χ0v) is 13.6. The van der Waals surface area contributed by atoms with Gasteiger partial charge >= 0.3 is 0 Å². The van der Waals surface area contributed by atoms with E-state index in [4.69, 9.17) is 0 Å². The van der Waals surface area contributed by atoms with Gasteiger partial charge in [-0.15, -0.1) is 0 Å². The number of carbonyl (C=O) groups is 1. The van der Waals surface area contributed by atoms with E-state index in [2.05, 4.69) is 0 Å². The maximum Gasteiger partial charge on any atom is 0.227 e. The molecule has 2 heterocycles. The molecule has 0 unspecified atom stereocenters. The highest BCUT2D eigenvalue weighted by Gasteiger charge is 2.47. The molecule has 0 radical (unpaired) electrons. The molecule has 6 heteroatoms. The summed E-state index contributed by atoms with van der Waals surface area (Å²) in [6.45, 7) is 2.40. The Morgan fingerprint density at radius 1 is 1.14 bits per heavy atom. The van der Waals surface area contributed by atoms with E-state index in [1.54, 1.807) is 4.31 Å². The van der Waals surface area contributed by atoms with E-state index in [0.29, 0.717) is 32.2 Å². The van der Waals surface area contributed by atoms with Gasteiger partial charge in [0.1, 0.15) is 0 Å². The number of carbonyl (C=O) groups excluding carboxylic acids is 1. The van der Waals surface area contributed by atoms with Gasteiger partial charge in [-0.2, -0.15) is 4.31 Å². The second kappa shape index (κ2) is 6.01. The number of benzene rings is 1. The van der Waals surface area contributed by atoms with E-state index in [1.165, 1.54) is 0 Å². The van der Waals surface area contributed by atoms with Gasteiger partial charge in [0.25, 0.3) is 0 Å². The lowest BCUT2D eigenvalue weighted by atomic mass is 9.96. The first kappa shape index (κ1) is 15.5. The zero-order valence-electron chi connectivity index (χ0n) is 12.8. The third-order valence-corrected chi connectivity index (χ3v) is 6.66. The van der Waals surface area contributed by atoms with E-state index in [0.717, 1.165) is 5.69 Å². The number of rotatable bonds is 4. The average Bonchev–Trinajstić information content (AvgIpc) is 2.92. The summed E-state index contributed by atoms with van der Waals surface area (Å²) in [6.07, 6.45) is 2.38. The molecule has 0 aromatic heterocycles. The van der Waals surface area contributed by atoms with Crippen LogP contribution in [0, 0.1) is 0 Å². The van der Waals surface area contributed by atoms with Gasteiger partial charge in [-0.25, -0.2) is 8.42 Å². The van der Waals surface area contributed by atoms with Gasteiger partial charge in [0.15, 0.2) is 0 Å². The van der Waals surface area contributed by atoms with E-state index in [-0.39, 0.29) is 23.7 Å². The number of fused-ring (bicyclic) bond motifs is 1. The van der Waals surface area contributed by atoms with Crippen LogP contribution >= 0.6 is 0 Å². The van der Waals surface area contributed by atoms with Crippen LogP contribution in [0.2, 0.25) is 0 Å². The molecule has 0 spiro atoms. The molecule has 0 bridgehead atoms. The number of nitrogens with zero attached hydrogens (tertiary/aromatic N) is 2. The van der Waals surface area contributed by atoms with Crippen molar-refractivity contribution in [2.75, 3.05) is 17.2 Å². The fourth-order valence-corrected chi connectivity index (χ4v) is 5.46. The normalized spacial score (nSPS) is 26.2. The van der Waals surface area contributed by atoms with Crippen molar-refractivity contribution in [3.05, 3.63) is 30.3 Å². The molecular formula is C16H22N2O3S. The molecule has 0 aliphatic carbocycles. The molecule has 2 aliphatic rings. The molecule has 3 rings (SSSR count). The zero-order chi connectivity index (χ0) is 15.7. The molecule has 120 valence electrons. The van der Waals surface area contributed by atoms with Crippen LogP contribution in [0.4, 0.5) is 5.69 Å². The predicted octanol–water partition coefficient (Wildman–Crippen LogP) is 2.00. The predicted molar refractivity (Wildman–Crippen MR) is 86.1 cm³/mol. The van der Waals surface area contributed by atoms with E-state index < -0.39 is 10.0 Å². The van der Waals surface area contributed by atoms with Crippen molar-refractivity contribution in [1.82, 2.24) is 4.31 Å². The first-order chi connectivity index (χ1) is 10.5. The number of hydrogen-bond donors (Lipinski definition) is 0. The van der Waals surface area contributed by atoms with Crippen molar-refractivity contribution in [3.63, 3.8) is 0 Å². The highest BCUT2D eigenvalue weighted by molar-refractivity contribution is 7.89. The number of anilines is 1. The number of sulfonamides is 1. The van der Waals surface area contributed by atoms with Crippen molar-refractivity contribution in [2.24, 2.45) is 0 Å². The lowest BCUT2D eigenvalue weighted by Gasteiger charge is -2.39.